The summed E-state index contributed by atoms with van der Waals surface area (Å²) in [6, 6.07) is 5.96. The molecule has 1 aromatic carbocycles. The first-order valence-electron chi connectivity index (χ1n) is 7.71. The number of amides is 3. The van der Waals surface area contributed by atoms with E-state index in [1.807, 2.05) is 0 Å². The van der Waals surface area contributed by atoms with E-state index in [-0.39, 0.29) is 30.3 Å². The molecule has 0 fully saturated rings. The highest BCUT2D eigenvalue weighted by Crippen LogP contribution is 2.60. The molecular formula is C15H21N2O7PS. The number of nitrogens with one attached hydrogen (secondary N) is 2. The molecule has 11 heteroatoms. The summed E-state index contributed by atoms with van der Waals surface area (Å²) in [5, 5.41) is 4.40. The summed E-state index contributed by atoms with van der Waals surface area (Å²) in [6.07, 6.45) is -0.749. The Kier molecular flexibility index (Phi) is 9.36. The number of hydrogen-bond acceptors (Lipinski definition) is 8. The Balaban J connectivity index is 2.72. The van der Waals surface area contributed by atoms with Gasteiger partial charge in [0.05, 0.1) is 24.5 Å². The van der Waals surface area contributed by atoms with E-state index in [2.05, 4.69) is 10.6 Å². The minimum Gasteiger partial charge on any atom is -0.410 e. The van der Waals surface area contributed by atoms with E-state index in [1.165, 1.54) is 19.2 Å². The number of rotatable bonds is 9. The third kappa shape index (κ3) is 7.17. The summed E-state index contributed by atoms with van der Waals surface area (Å²) >= 11 is 0.688. The predicted octanol–water partition coefficient (Wildman–Crippen LogP) is 2.58. The number of benzene rings is 1. The average Bonchev–Trinajstić information content (AvgIpc) is 2.61. The fourth-order valence-electron chi connectivity index (χ4n) is 1.69. The molecule has 0 spiro atoms. The van der Waals surface area contributed by atoms with Crippen molar-refractivity contribution >= 4 is 36.1 Å². The second kappa shape index (κ2) is 11.0. The van der Waals surface area contributed by atoms with E-state index >= 15 is 0 Å². The SMILES string of the molecule is CCOP(=O)(OCC)SCC(=O)NC(=O)c1ccccc1OC(=O)NC. The molecule has 2 N–H and O–H groups in total. The van der Waals surface area contributed by atoms with Crippen LogP contribution in [0.15, 0.2) is 24.3 Å². The van der Waals surface area contributed by atoms with Crippen molar-refractivity contribution < 1.29 is 32.7 Å². The van der Waals surface area contributed by atoms with E-state index in [0.717, 1.165) is 0 Å². The number of para-hydroxylation sites is 1. The highest BCUT2D eigenvalue weighted by Gasteiger charge is 2.26. The van der Waals surface area contributed by atoms with Crippen LogP contribution >= 0.6 is 18.2 Å². The van der Waals surface area contributed by atoms with Crippen molar-refractivity contribution in [2.75, 3.05) is 26.0 Å². The maximum absolute atomic E-state index is 12.3. The molecule has 1 rings (SSSR count). The lowest BCUT2D eigenvalue weighted by Crippen LogP contribution is -2.32. The van der Waals surface area contributed by atoms with Crippen molar-refractivity contribution in [2.45, 2.75) is 13.8 Å². The van der Waals surface area contributed by atoms with Crippen molar-refractivity contribution in [1.29, 1.82) is 0 Å². The van der Waals surface area contributed by atoms with Crippen molar-refractivity contribution in [2.24, 2.45) is 0 Å². The molecule has 1 aromatic rings. The Bertz CT molecular complexity index is 688. The van der Waals surface area contributed by atoms with Gasteiger partial charge in [0.25, 0.3) is 5.91 Å². The minimum atomic E-state index is -3.45. The van der Waals surface area contributed by atoms with Gasteiger partial charge in [-0.1, -0.05) is 12.1 Å². The van der Waals surface area contributed by atoms with Gasteiger partial charge in [-0.25, -0.2) is 9.36 Å². The highest BCUT2D eigenvalue weighted by atomic mass is 32.7. The van der Waals surface area contributed by atoms with Crippen LogP contribution in [0, 0.1) is 0 Å². The summed E-state index contributed by atoms with van der Waals surface area (Å²) in [6.45, 7) is 0.173. The maximum atomic E-state index is 12.3. The van der Waals surface area contributed by atoms with Gasteiger partial charge in [0.2, 0.25) is 5.91 Å². The number of carbonyl (C=O) groups is 3. The number of ether oxygens (including phenoxy) is 1. The van der Waals surface area contributed by atoms with Gasteiger partial charge in [0.1, 0.15) is 5.75 Å². The Labute approximate surface area is 155 Å². The van der Waals surface area contributed by atoms with Gasteiger partial charge >= 0.3 is 12.9 Å². The smallest absolute Gasteiger partial charge is 0.410 e. The quantitative estimate of drug-likeness (QED) is 0.603. The zero-order valence-corrected chi connectivity index (χ0v) is 16.4. The highest BCUT2D eigenvalue weighted by molar-refractivity contribution is 8.55. The van der Waals surface area contributed by atoms with E-state index in [9.17, 15) is 18.9 Å². The third-order valence-corrected chi connectivity index (χ3v) is 6.54. The second-order valence-corrected chi connectivity index (χ2v) is 8.64. The molecule has 0 unspecified atom stereocenters. The van der Waals surface area contributed by atoms with Gasteiger partial charge in [-0.05, 0) is 37.4 Å². The number of imide groups is 1. The molecule has 0 radical (unpaired) electrons. The zero-order valence-electron chi connectivity index (χ0n) is 14.6. The van der Waals surface area contributed by atoms with E-state index in [0.29, 0.717) is 11.4 Å². The third-order valence-electron chi connectivity index (χ3n) is 2.72. The Morgan fingerprint density at radius 3 is 2.31 bits per heavy atom. The Hall–Kier alpha value is -1.87. The van der Waals surface area contributed by atoms with Gasteiger partial charge in [-0.2, -0.15) is 0 Å². The van der Waals surface area contributed by atoms with Gasteiger partial charge < -0.3 is 19.1 Å². The van der Waals surface area contributed by atoms with Crippen LogP contribution < -0.4 is 15.4 Å². The molecule has 144 valence electrons. The fourth-order valence-corrected chi connectivity index (χ4v) is 4.80. The average molecular weight is 404 g/mol. The molecule has 0 aliphatic carbocycles. The first-order chi connectivity index (χ1) is 12.3. The second-order valence-electron chi connectivity index (χ2n) is 4.57. The summed E-state index contributed by atoms with van der Waals surface area (Å²) in [4.78, 5) is 35.5. The normalized spacial score (nSPS) is 10.9. The summed E-state index contributed by atoms with van der Waals surface area (Å²) in [5.74, 6) is -1.74. The minimum absolute atomic E-state index is 0.000827. The van der Waals surface area contributed by atoms with Gasteiger partial charge in [-0.15, -0.1) is 0 Å². The van der Waals surface area contributed by atoms with Crippen molar-refractivity contribution in [3.8, 4) is 5.75 Å². The first kappa shape index (κ1) is 22.2. The van der Waals surface area contributed by atoms with E-state index in [4.69, 9.17) is 13.8 Å². The fraction of sp³-hybridized carbons (Fsp3) is 0.400. The molecule has 0 aliphatic heterocycles. The predicted molar refractivity (Wildman–Crippen MR) is 97.3 cm³/mol. The zero-order chi connectivity index (χ0) is 19.6. The molecule has 26 heavy (non-hydrogen) atoms. The maximum Gasteiger partial charge on any atom is 0.412 e. The molecule has 0 saturated heterocycles. The monoisotopic (exact) mass is 404 g/mol. The molecule has 0 bridgehead atoms. The summed E-state index contributed by atoms with van der Waals surface area (Å²) in [7, 11) is 1.38. The molecule has 0 saturated carbocycles. The molecule has 0 aliphatic rings. The van der Waals surface area contributed by atoms with Crippen LogP contribution in [0.1, 0.15) is 24.2 Å². The summed E-state index contributed by atoms with van der Waals surface area (Å²) in [5.41, 5.74) is 0.00671. The molecule has 0 aromatic heterocycles. The number of hydrogen-bond donors (Lipinski definition) is 2. The molecule has 9 nitrogen and oxygen atoms in total. The van der Waals surface area contributed by atoms with Crippen molar-refractivity contribution in [1.82, 2.24) is 10.6 Å². The van der Waals surface area contributed by atoms with E-state index < -0.39 is 24.7 Å². The van der Waals surface area contributed by atoms with Crippen LogP contribution in [-0.4, -0.2) is 43.9 Å². The summed E-state index contributed by atoms with van der Waals surface area (Å²) < 4.78 is 27.3. The molecule has 0 atom stereocenters. The van der Waals surface area contributed by atoms with Gasteiger partial charge in [0, 0.05) is 7.05 Å². The van der Waals surface area contributed by atoms with Gasteiger partial charge in [-0.3, -0.25) is 14.9 Å². The lowest BCUT2D eigenvalue weighted by Gasteiger charge is -2.15. The van der Waals surface area contributed by atoms with Gasteiger partial charge in [0.15, 0.2) is 0 Å². The topological polar surface area (TPSA) is 120 Å². The molecule has 0 heterocycles. The van der Waals surface area contributed by atoms with Crippen LogP contribution in [0.3, 0.4) is 0 Å². The lowest BCUT2D eigenvalue weighted by molar-refractivity contribution is -0.117. The van der Waals surface area contributed by atoms with E-state index in [1.54, 1.807) is 26.0 Å². The van der Waals surface area contributed by atoms with Crippen LogP contribution in [0.5, 0.6) is 5.75 Å². The van der Waals surface area contributed by atoms with Crippen LogP contribution in [0.2, 0.25) is 0 Å². The Morgan fingerprint density at radius 1 is 1.12 bits per heavy atom. The lowest BCUT2D eigenvalue weighted by atomic mass is 10.2. The standard InChI is InChI=1S/C15H21N2O7PS/c1-4-22-25(21,23-5-2)26-10-13(18)17-14(19)11-8-6-7-9-12(11)24-15(20)16-3/h6-9H,4-5,10H2,1-3H3,(H,16,20)(H,17,18,19). The van der Waals surface area contributed by atoms with Crippen LogP contribution in [0.4, 0.5) is 4.79 Å². The molecular weight excluding hydrogens is 383 g/mol. The number of carbonyl (C=O) groups excluding carboxylic acids is 3. The first-order valence-corrected chi connectivity index (χ1v) is 10.8. The van der Waals surface area contributed by atoms with Crippen LogP contribution in [-0.2, 0) is 18.4 Å². The molecule has 3 amide bonds. The Morgan fingerprint density at radius 2 is 1.73 bits per heavy atom. The van der Waals surface area contributed by atoms with Crippen molar-refractivity contribution in [3.05, 3.63) is 29.8 Å². The van der Waals surface area contributed by atoms with Crippen molar-refractivity contribution in [3.63, 3.8) is 0 Å². The largest absolute Gasteiger partial charge is 0.412 e. The van der Waals surface area contributed by atoms with Crippen LogP contribution in [0.25, 0.3) is 0 Å².